The minimum absolute atomic E-state index is 0.317. The van der Waals surface area contributed by atoms with Crippen molar-refractivity contribution in [1.29, 1.82) is 0 Å². The fourth-order valence-corrected chi connectivity index (χ4v) is 2.43. The summed E-state index contributed by atoms with van der Waals surface area (Å²) < 4.78 is 15.1. The Kier molecular flexibility index (Phi) is 2.69. The molecule has 1 aromatic heterocycles. The third-order valence-corrected chi connectivity index (χ3v) is 3.62. The van der Waals surface area contributed by atoms with Gasteiger partial charge < -0.3 is 9.67 Å². The molecule has 2 aromatic rings. The molecule has 0 aliphatic rings. The lowest BCUT2D eigenvalue weighted by Gasteiger charge is -2.20. The number of aromatic nitrogens is 1. The maximum atomic E-state index is 13.3. The molecule has 3 nitrogen and oxygen atoms in total. The molecule has 0 radical (unpaired) electrons. The second kappa shape index (κ2) is 3.83. The Morgan fingerprint density at radius 3 is 2.56 bits per heavy atom. The average Bonchev–Trinajstić information content (AvgIpc) is 2.52. The van der Waals surface area contributed by atoms with Crippen molar-refractivity contribution in [2.75, 3.05) is 0 Å². The Hall–Kier alpha value is -1.84. The average molecular weight is 249 g/mol. The molecule has 18 heavy (non-hydrogen) atoms. The second-order valence-electron chi connectivity index (χ2n) is 5.11. The van der Waals surface area contributed by atoms with Crippen LogP contribution in [0.15, 0.2) is 18.2 Å². The van der Waals surface area contributed by atoms with Crippen LogP contribution in [0.1, 0.15) is 25.1 Å². The summed E-state index contributed by atoms with van der Waals surface area (Å²) >= 11 is 0. The summed E-state index contributed by atoms with van der Waals surface area (Å²) in [7, 11) is 1.82. The number of halogens is 1. The highest BCUT2D eigenvalue weighted by atomic mass is 19.1. The van der Waals surface area contributed by atoms with Crippen LogP contribution in [0.3, 0.4) is 0 Å². The van der Waals surface area contributed by atoms with Crippen LogP contribution in [-0.4, -0.2) is 15.6 Å². The van der Waals surface area contributed by atoms with Crippen molar-refractivity contribution in [3.05, 3.63) is 35.3 Å². The van der Waals surface area contributed by atoms with Gasteiger partial charge in [-0.2, -0.15) is 0 Å². The first-order valence-electron chi connectivity index (χ1n) is 5.75. The van der Waals surface area contributed by atoms with Crippen molar-refractivity contribution in [3.63, 3.8) is 0 Å². The molecule has 0 atom stereocenters. The molecule has 0 amide bonds. The molecule has 0 aliphatic carbocycles. The predicted molar refractivity (Wildman–Crippen MR) is 68.3 cm³/mol. The molecule has 1 N–H and O–H groups in total. The lowest BCUT2D eigenvalue weighted by molar-refractivity contribution is -0.142. The van der Waals surface area contributed by atoms with Gasteiger partial charge in [0.15, 0.2) is 0 Å². The lowest BCUT2D eigenvalue weighted by Crippen LogP contribution is -2.29. The van der Waals surface area contributed by atoms with E-state index in [-0.39, 0.29) is 5.82 Å². The first-order valence-corrected chi connectivity index (χ1v) is 5.75. The zero-order chi connectivity index (χ0) is 13.7. The summed E-state index contributed by atoms with van der Waals surface area (Å²) in [4.78, 5) is 11.4. The van der Waals surface area contributed by atoms with E-state index >= 15 is 0 Å². The third-order valence-electron chi connectivity index (χ3n) is 3.62. The zero-order valence-corrected chi connectivity index (χ0v) is 10.9. The number of carboxylic acid groups (broad SMARTS) is 1. The Bertz CT molecular complexity index is 641. The first kappa shape index (κ1) is 12.6. The van der Waals surface area contributed by atoms with Gasteiger partial charge >= 0.3 is 5.97 Å². The van der Waals surface area contributed by atoms with Crippen molar-refractivity contribution in [1.82, 2.24) is 4.57 Å². The van der Waals surface area contributed by atoms with E-state index in [0.29, 0.717) is 0 Å². The summed E-state index contributed by atoms with van der Waals surface area (Å²) in [5.74, 6) is -1.20. The molecule has 4 heteroatoms. The van der Waals surface area contributed by atoms with E-state index in [2.05, 4.69) is 0 Å². The van der Waals surface area contributed by atoms with Crippen LogP contribution < -0.4 is 0 Å². The van der Waals surface area contributed by atoms with Gasteiger partial charge in [0.05, 0.1) is 10.9 Å². The topological polar surface area (TPSA) is 42.2 Å². The van der Waals surface area contributed by atoms with Crippen LogP contribution >= 0.6 is 0 Å². The molecule has 2 rings (SSSR count). The van der Waals surface area contributed by atoms with E-state index in [1.165, 1.54) is 12.1 Å². The smallest absolute Gasteiger partial charge is 0.313 e. The van der Waals surface area contributed by atoms with Crippen molar-refractivity contribution in [2.24, 2.45) is 7.05 Å². The van der Waals surface area contributed by atoms with E-state index in [1.54, 1.807) is 19.9 Å². The quantitative estimate of drug-likeness (QED) is 0.889. The first-order chi connectivity index (χ1) is 8.26. The van der Waals surface area contributed by atoms with E-state index in [4.69, 9.17) is 0 Å². The van der Waals surface area contributed by atoms with Crippen LogP contribution in [0.4, 0.5) is 4.39 Å². The molecule has 1 aromatic carbocycles. The third kappa shape index (κ3) is 1.60. The molecule has 0 fully saturated rings. The minimum atomic E-state index is -0.999. The molecule has 0 spiro atoms. The number of fused-ring (bicyclic) bond motifs is 1. The van der Waals surface area contributed by atoms with Crippen LogP contribution in [0.5, 0.6) is 0 Å². The Balaban J connectivity index is 2.88. The molecule has 96 valence electrons. The Morgan fingerprint density at radius 1 is 1.39 bits per heavy atom. The van der Waals surface area contributed by atoms with Crippen molar-refractivity contribution >= 4 is 16.9 Å². The number of carbonyl (C=O) groups is 1. The molecule has 0 saturated heterocycles. The molecule has 1 heterocycles. The molecule has 0 aliphatic heterocycles. The molecular weight excluding hydrogens is 233 g/mol. The van der Waals surface area contributed by atoms with Gasteiger partial charge in [0, 0.05) is 18.1 Å². The van der Waals surface area contributed by atoms with Crippen LogP contribution in [-0.2, 0) is 17.3 Å². The molecule has 0 bridgehead atoms. The van der Waals surface area contributed by atoms with Gasteiger partial charge in [-0.15, -0.1) is 0 Å². The Morgan fingerprint density at radius 2 is 2.00 bits per heavy atom. The number of rotatable bonds is 2. The number of hydrogen-bond acceptors (Lipinski definition) is 1. The normalized spacial score (nSPS) is 12.1. The number of nitrogens with zero attached hydrogens (tertiary/aromatic N) is 1. The summed E-state index contributed by atoms with van der Waals surface area (Å²) in [6.07, 6.45) is 0. The van der Waals surface area contributed by atoms with E-state index < -0.39 is 11.4 Å². The highest BCUT2D eigenvalue weighted by Crippen LogP contribution is 2.35. The van der Waals surface area contributed by atoms with Gasteiger partial charge in [0.25, 0.3) is 0 Å². The highest BCUT2D eigenvalue weighted by Gasteiger charge is 2.34. The predicted octanol–water partition coefficient (Wildman–Crippen LogP) is 2.99. The maximum Gasteiger partial charge on any atom is 0.313 e. The summed E-state index contributed by atoms with van der Waals surface area (Å²) in [6.45, 7) is 5.19. The lowest BCUT2D eigenvalue weighted by atomic mass is 9.83. The summed E-state index contributed by atoms with van der Waals surface area (Å²) in [6, 6.07) is 4.45. The summed E-state index contributed by atoms with van der Waals surface area (Å²) in [5.41, 5.74) is 1.31. The number of benzene rings is 1. The van der Waals surface area contributed by atoms with Crippen LogP contribution in [0.25, 0.3) is 10.9 Å². The van der Waals surface area contributed by atoms with E-state index in [1.807, 2.05) is 18.5 Å². The maximum absolute atomic E-state index is 13.3. The molecule has 0 saturated carbocycles. The number of aliphatic carboxylic acids is 1. The SMILES string of the molecule is Cc1c(C(C)(C)C(=O)O)c2ccc(F)cc2n1C. The summed E-state index contributed by atoms with van der Waals surface area (Å²) in [5, 5.41) is 10.2. The van der Waals surface area contributed by atoms with Gasteiger partial charge in [-0.3, -0.25) is 4.79 Å². The van der Waals surface area contributed by atoms with Gasteiger partial charge in [-0.1, -0.05) is 0 Å². The fraction of sp³-hybridized carbons (Fsp3) is 0.357. The Labute approximate surface area is 105 Å². The molecule has 0 unspecified atom stereocenters. The number of carboxylic acids is 1. The van der Waals surface area contributed by atoms with Crippen LogP contribution in [0.2, 0.25) is 0 Å². The van der Waals surface area contributed by atoms with Gasteiger partial charge in [0.2, 0.25) is 0 Å². The fourth-order valence-electron chi connectivity index (χ4n) is 2.43. The monoisotopic (exact) mass is 249 g/mol. The number of aryl methyl sites for hydroxylation is 1. The van der Waals surface area contributed by atoms with Crippen molar-refractivity contribution < 1.29 is 14.3 Å². The zero-order valence-electron chi connectivity index (χ0n) is 10.9. The second-order valence-corrected chi connectivity index (χ2v) is 5.11. The minimum Gasteiger partial charge on any atom is -0.481 e. The van der Waals surface area contributed by atoms with Crippen LogP contribution in [0, 0.1) is 12.7 Å². The largest absolute Gasteiger partial charge is 0.481 e. The van der Waals surface area contributed by atoms with E-state index in [9.17, 15) is 14.3 Å². The van der Waals surface area contributed by atoms with Crippen molar-refractivity contribution in [3.8, 4) is 0 Å². The highest BCUT2D eigenvalue weighted by molar-refractivity contribution is 5.93. The van der Waals surface area contributed by atoms with Gasteiger partial charge in [-0.25, -0.2) is 4.39 Å². The van der Waals surface area contributed by atoms with Gasteiger partial charge in [-0.05, 0) is 44.5 Å². The standard InChI is InChI=1S/C14H16FNO2/c1-8-12(14(2,3)13(17)18)10-6-5-9(15)7-11(10)16(8)4/h5-7H,1-4H3,(H,17,18). The number of hydrogen-bond donors (Lipinski definition) is 1. The van der Waals surface area contributed by atoms with Gasteiger partial charge in [0.1, 0.15) is 5.82 Å². The van der Waals surface area contributed by atoms with E-state index in [0.717, 1.165) is 22.2 Å². The van der Waals surface area contributed by atoms with Crippen molar-refractivity contribution in [2.45, 2.75) is 26.2 Å². The molecular formula is C14H16FNO2.